The van der Waals surface area contributed by atoms with Gasteiger partial charge < -0.3 is 14.4 Å². The quantitative estimate of drug-likeness (QED) is 0.165. The maximum Gasteiger partial charge on any atom is 0.410 e. The number of carbonyl (C=O) groups is 1. The van der Waals surface area contributed by atoms with Crippen molar-refractivity contribution in [3.63, 3.8) is 0 Å². The lowest BCUT2D eigenvalue weighted by atomic mass is 10.0. The Morgan fingerprint density at radius 3 is 2.18 bits per heavy atom. The fraction of sp³-hybridized carbons (Fsp3) is 0.567. The van der Waals surface area contributed by atoms with E-state index in [9.17, 15) is 13.2 Å². The summed E-state index contributed by atoms with van der Waals surface area (Å²) in [5.41, 5.74) is 0.631. The second kappa shape index (κ2) is 16.5. The molecular formula is C30H49NO6S. The summed E-state index contributed by atoms with van der Waals surface area (Å²) in [6.07, 6.45) is 18.7. The van der Waals surface area contributed by atoms with Crippen LogP contribution in [0.2, 0.25) is 0 Å². The van der Waals surface area contributed by atoms with E-state index in [1.165, 1.54) is 4.90 Å². The number of rotatable bonds is 15. The fourth-order valence-electron chi connectivity index (χ4n) is 3.15. The molecule has 8 heteroatoms. The summed E-state index contributed by atoms with van der Waals surface area (Å²) in [5, 5.41) is 0. The van der Waals surface area contributed by atoms with Crippen molar-refractivity contribution in [2.45, 2.75) is 79.1 Å². The Bertz CT molecular complexity index is 1010. The molecular weight excluding hydrogens is 502 g/mol. The Morgan fingerprint density at radius 2 is 1.66 bits per heavy atom. The smallest absolute Gasteiger partial charge is 0.410 e. The van der Waals surface area contributed by atoms with Crippen molar-refractivity contribution in [3.05, 3.63) is 72.4 Å². The van der Waals surface area contributed by atoms with Crippen molar-refractivity contribution >= 4 is 16.2 Å². The molecule has 216 valence electrons. The van der Waals surface area contributed by atoms with E-state index in [1.54, 1.807) is 27.0 Å². The third kappa shape index (κ3) is 17.9. The minimum absolute atomic E-state index is 0.150. The van der Waals surface area contributed by atoms with E-state index in [-0.39, 0.29) is 18.1 Å². The van der Waals surface area contributed by atoms with Crippen molar-refractivity contribution in [1.29, 1.82) is 0 Å². The predicted octanol–water partition coefficient (Wildman–Crippen LogP) is 6.77. The molecule has 0 N–H and O–H groups in total. The lowest BCUT2D eigenvalue weighted by Crippen LogP contribution is -2.34. The van der Waals surface area contributed by atoms with Crippen LogP contribution in [0.5, 0.6) is 0 Å². The summed E-state index contributed by atoms with van der Waals surface area (Å²) < 4.78 is 39.2. The number of allylic oxidation sites excluding steroid dienone is 8. The SMILES string of the molecule is C=C/C=C(\C=C/CN(C)C(=O)OC(C)(C)C)/C=C/C(C)/C=C\C(=C/C)C(C)OCCC(C)(C)OS(C)(=O)=O. The Kier molecular flexibility index (Phi) is 15.5. The van der Waals surface area contributed by atoms with Crippen molar-refractivity contribution in [1.82, 2.24) is 4.90 Å². The summed E-state index contributed by atoms with van der Waals surface area (Å²) in [6, 6.07) is 0. The predicted molar refractivity (Wildman–Crippen MR) is 158 cm³/mol. The molecule has 2 unspecified atom stereocenters. The van der Waals surface area contributed by atoms with E-state index in [2.05, 4.69) is 25.7 Å². The first kappa shape index (κ1) is 35.6. The van der Waals surface area contributed by atoms with E-state index in [4.69, 9.17) is 13.7 Å². The number of hydrogen-bond donors (Lipinski definition) is 0. The Labute approximate surface area is 231 Å². The molecule has 0 aromatic heterocycles. The molecule has 1 amide bonds. The van der Waals surface area contributed by atoms with Crippen LogP contribution in [0.25, 0.3) is 0 Å². The highest BCUT2D eigenvalue weighted by atomic mass is 32.2. The maximum atomic E-state index is 12.1. The topological polar surface area (TPSA) is 82.1 Å². The Hall–Kier alpha value is -2.42. The Balaban J connectivity index is 4.97. The van der Waals surface area contributed by atoms with E-state index in [0.717, 1.165) is 17.4 Å². The third-order valence-electron chi connectivity index (χ3n) is 5.14. The van der Waals surface area contributed by atoms with Crippen LogP contribution in [0.15, 0.2) is 72.4 Å². The molecule has 0 heterocycles. The van der Waals surface area contributed by atoms with Crippen LogP contribution in [-0.4, -0.2) is 63.2 Å². The van der Waals surface area contributed by atoms with Crippen molar-refractivity contribution in [3.8, 4) is 0 Å². The molecule has 38 heavy (non-hydrogen) atoms. The van der Waals surface area contributed by atoms with Gasteiger partial charge in [0.05, 0.1) is 24.6 Å². The highest BCUT2D eigenvalue weighted by molar-refractivity contribution is 7.86. The van der Waals surface area contributed by atoms with Crippen molar-refractivity contribution in [2.75, 3.05) is 26.5 Å². The zero-order valence-electron chi connectivity index (χ0n) is 25.0. The molecule has 0 fully saturated rings. The number of nitrogens with zero attached hydrogens (tertiary/aromatic N) is 1. The summed E-state index contributed by atoms with van der Waals surface area (Å²) in [4.78, 5) is 13.6. The molecule has 0 radical (unpaired) electrons. The van der Waals surface area contributed by atoms with Gasteiger partial charge in [-0.2, -0.15) is 8.42 Å². The largest absolute Gasteiger partial charge is 0.444 e. The number of carbonyl (C=O) groups excluding carboxylic acids is 1. The first-order valence-electron chi connectivity index (χ1n) is 12.9. The molecule has 0 aromatic rings. The first-order valence-corrected chi connectivity index (χ1v) is 14.7. The zero-order chi connectivity index (χ0) is 29.6. The number of likely N-dealkylation sites (N-methyl/N-ethyl adjacent to an activating group) is 1. The van der Waals surface area contributed by atoms with Crippen molar-refractivity contribution in [2.24, 2.45) is 5.92 Å². The minimum atomic E-state index is -3.52. The van der Waals surface area contributed by atoms with E-state index >= 15 is 0 Å². The fourth-order valence-corrected chi connectivity index (χ4v) is 4.05. The zero-order valence-corrected chi connectivity index (χ0v) is 25.8. The molecule has 0 saturated heterocycles. The van der Waals surface area contributed by atoms with Gasteiger partial charge in [-0.15, -0.1) is 0 Å². The van der Waals surface area contributed by atoms with Gasteiger partial charge in [-0.3, -0.25) is 4.18 Å². The van der Waals surface area contributed by atoms with Crippen LogP contribution in [0.4, 0.5) is 4.79 Å². The lowest BCUT2D eigenvalue weighted by Gasteiger charge is -2.24. The lowest BCUT2D eigenvalue weighted by molar-refractivity contribution is 0.0314. The van der Waals surface area contributed by atoms with Gasteiger partial charge in [0.15, 0.2) is 0 Å². The average Bonchev–Trinajstić information content (AvgIpc) is 2.74. The van der Waals surface area contributed by atoms with Gasteiger partial charge in [0.2, 0.25) is 0 Å². The molecule has 0 aliphatic heterocycles. The number of amides is 1. The van der Waals surface area contributed by atoms with Gasteiger partial charge in [0.25, 0.3) is 10.1 Å². The summed E-state index contributed by atoms with van der Waals surface area (Å²) >= 11 is 0. The molecule has 7 nitrogen and oxygen atoms in total. The molecule has 0 aromatic carbocycles. The molecule has 0 bridgehead atoms. The highest BCUT2D eigenvalue weighted by Crippen LogP contribution is 2.19. The van der Waals surface area contributed by atoms with Crippen LogP contribution in [0.1, 0.15) is 61.8 Å². The maximum absolute atomic E-state index is 12.1. The second-order valence-corrected chi connectivity index (χ2v) is 12.4. The normalized spacial score (nSPS) is 15.8. The first-order chi connectivity index (χ1) is 17.4. The van der Waals surface area contributed by atoms with Gasteiger partial charge in [0.1, 0.15) is 5.60 Å². The van der Waals surface area contributed by atoms with Crippen molar-refractivity contribution < 1.29 is 26.9 Å². The van der Waals surface area contributed by atoms with Crippen LogP contribution < -0.4 is 0 Å². The summed E-state index contributed by atoms with van der Waals surface area (Å²) in [6.45, 7) is 19.6. The van der Waals surface area contributed by atoms with Gasteiger partial charge in [-0.05, 0) is 65.5 Å². The second-order valence-electron chi connectivity index (χ2n) is 10.8. The molecule has 0 saturated carbocycles. The van der Waals surface area contributed by atoms with Gasteiger partial charge in [-0.25, -0.2) is 4.79 Å². The number of ether oxygens (including phenoxy) is 2. The van der Waals surface area contributed by atoms with E-state index in [0.29, 0.717) is 19.6 Å². The minimum Gasteiger partial charge on any atom is -0.444 e. The molecule has 0 rings (SSSR count). The van der Waals surface area contributed by atoms with Gasteiger partial charge >= 0.3 is 6.09 Å². The Morgan fingerprint density at radius 1 is 1.05 bits per heavy atom. The molecule has 2 atom stereocenters. The van der Waals surface area contributed by atoms with Crippen LogP contribution in [0, 0.1) is 5.92 Å². The average molecular weight is 552 g/mol. The number of hydrogen-bond acceptors (Lipinski definition) is 6. The highest BCUT2D eigenvalue weighted by Gasteiger charge is 2.24. The summed E-state index contributed by atoms with van der Waals surface area (Å²) in [7, 11) is -1.82. The third-order valence-corrected chi connectivity index (χ3v) is 5.90. The van der Waals surface area contributed by atoms with E-state index in [1.807, 2.05) is 71.1 Å². The molecule has 0 aliphatic rings. The van der Waals surface area contributed by atoms with Crippen LogP contribution >= 0.6 is 0 Å². The molecule has 0 spiro atoms. The van der Waals surface area contributed by atoms with Crippen LogP contribution in [0.3, 0.4) is 0 Å². The van der Waals surface area contributed by atoms with E-state index < -0.39 is 21.3 Å². The monoisotopic (exact) mass is 551 g/mol. The van der Waals surface area contributed by atoms with Gasteiger partial charge in [-0.1, -0.05) is 68.2 Å². The van der Waals surface area contributed by atoms with Crippen LogP contribution in [-0.2, 0) is 23.8 Å². The summed E-state index contributed by atoms with van der Waals surface area (Å²) in [5.74, 6) is 0.158. The molecule has 0 aliphatic carbocycles. The standard InChI is InChI=1S/C30H49NO6S/c1-12-15-26(16-14-22-31(10)28(32)36-29(5,6)7)19-17-24(3)18-20-27(13-2)25(4)35-23-21-30(8,9)37-38(11,33)34/h12-20,24-25H,1,21-23H2,2-11H3/b16-14-,19-17+,20-18-,26-15+,27-13+. The van der Waals surface area contributed by atoms with Gasteiger partial charge in [0, 0.05) is 20.0 Å².